The molecule has 0 spiro atoms. The molecule has 3 heteroatoms. The van der Waals surface area contributed by atoms with Gasteiger partial charge >= 0.3 is 5.63 Å². The minimum absolute atomic E-state index is 0.360. The Morgan fingerprint density at radius 1 is 1.14 bits per heavy atom. The quantitative estimate of drug-likeness (QED) is 0.295. The summed E-state index contributed by atoms with van der Waals surface area (Å²) in [5.41, 5.74) is 8.44. The van der Waals surface area contributed by atoms with Crippen molar-refractivity contribution in [3.63, 3.8) is 0 Å². The van der Waals surface area contributed by atoms with E-state index in [1.54, 1.807) is 12.1 Å². The number of nitrogens with two attached hydrogens (primary N) is 1. The Morgan fingerprint density at radius 2 is 1.95 bits per heavy atom. The number of aryl methyl sites for hydroxylation is 1. The zero-order chi connectivity index (χ0) is 15.0. The first-order valence-electron chi connectivity index (χ1n) is 6.85. The summed E-state index contributed by atoms with van der Waals surface area (Å²) in [5, 5.41) is 2.31. The number of fused-ring (bicyclic) bond motifs is 3. The molecule has 0 saturated heterocycles. The van der Waals surface area contributed by atoms with Crippen LogP contribution in [0.5, 0.6) is 0 Å². The highest BCUT2D eigenvalue weighted by Crippen LogP contribution is 2.27. The van der Waals surface area contributed by atoms with Gasteiger partial charge in [-0.3, -0.25) is 0 Å². The molecule has 21 heavy (non-hydrogen) atoms. The molecule has 0 aliphatic rings. The molecule has 0 fully saturated rings. The molecule has 0 aliphatic heterocycles. The van der Waals surface area contributed by atoms with Crippen LogP contribution in [0.1, 0.15) is 24.5 Å². The predicted molar refractivity (Wildman–Crippen MR) is 86.3 cm³/mol. The maximum absolute atomic E-state index is 12.2. The van der Waals surface area contributed by atoms with Gasteiger partial charge in [0, 0.05) is 34.5 Å². The van der Waals surface area contributed by atoms with Crippen LogP contribution >= 0.6 is 0 Å². The average Bonchev–Trinajstić information content (AvgIpc) is 2.47. The van der Waals surface area contributed by atoms with Gasteiger partial charge in [-0.2, -0.15) is 0 Å². The molecule has 0 amide bonds. The van der Waals surface area contributed by atoms with Crippen LogP contribution in [-0.2, 0) is 0 Å². The second kappa shape index (κ2) is 4.99. The second-order valence-corrected chi connectivity index (χ2v) is 5.01. The molecule has 3 rings (SSSR count). The molecule has 0 aliphatic carbocycles. The summed E-state index contributed by atoms with van der Waals surface area (Å²) in [6.45, 7) is 3.93. The number of hydrogen-bond donors (Lipinski definition) is 1. The van der Waals surface area contributed by atoms with Gasteiger partial charge < -0.3 is 10.2 Å². The third-order valence-corrected chi connectivity index (χ3v) is 3.51. The maximum Gasteiger partial charge on any atom is 0.344 e. The third kappa shape index (κ3) is 2.25. The van der Waals surface area contributed by atoms with Gasteiger partial charge in [-0.15, -0.1) is 0 Å². The highest BCUT2D eigenvalue weighted by Gasteiger charge is 2.09. The average molecular weight is 277 g/mol. The monoisotopic (exact) mass is 277 g/mol. The van der Waals surface area contributed by atoms with Crippen LogP contribution < -0.4 is 11.4 Å². The van der Waals surface area contributed by atoms with Gasteiger partial charge in [0.1, 0.15) is 5.58 Å². The fraction of sp³-hybridized carbons (Fsp3) is 0.167. The lowest BCUT2D eigenvalue weighted by molar-refractivity contribution is 0.570. The highest BCUT2D eigenvalue weighted by molar-refractivity contribution is 6.05. The number of nitrogen functional groups attached to an aromatic ring is 1. The Balaban J connectivity index is 2.40. The normalized spacial score (nSPS) is 10.6. The summed E-state index contributed by atoms with van der Waals surface area (Å²) in [6, 6.07) is 9.29. The fourth-order valence-corrected chi connectivity index (χ4v) is 2.37. The fourth-order valence-electron chi connectivity index (χ4n) is 2.37. The van der Waals surface area contributed by atoms with Crippen LogP contribution in [0.3, 0.4) is 0 Å². The number of anilines is 1. The van der Waals surface area contributed by atoms with E-state index in [9.17, 15) is 4.79 Å². The first-order chi connectivity index (χ1) is 10.1. The Labute approximate surface area is 122 Å². The van der Waals surface area contributed by atoms with Crippen molar-refractivity contribution < 1.29 is 4.42 Å². The standard InChI is InChI=1S/C18H15NO2/c1-3-4-5-12-6-7-13-14-8-11(2)16(19)10-17(14)21-18(20)15(13)9-12/h6-10H,3,19H2,1-2H3. The first-order valence-corrected chi connectivity index (χ1v) is 6.85. The van der Waals surface area contributed by atoms with Crippen molar-refractivity contribution in [1.29, 1.82) is 0 Å². The Morgan fingerprint density at radius 3 is 2.71 bits per heavy atom. The summed E-state index contributed by atoms with van der Waals surface area (Å²) in [7, 11) is 0. The van der Waals surface area contributed by atoms with Crippen LogP contribution in [0.25, 0.3) is 21.7 Å². The van der Waals surface area contributed by atoms with Crippen molar-refractivity contribution in [2.45, 2.75) is 20.3 Å². The molecule has 2 aromatic carbocycles. The van der Waals surface area contributed by atoms with Gasteiger partial charge in [0.05, 0.1) is 5.39 Å². The lowest BCUT2D eigenvalue weighted by atomic mass is 10.0. The molecule has 104 valence electrons. The first kappa shape index (κ1) is 13.3. The molecule has 0 saturated carbocycles. The Bertz CT molecular complexity index is 972. The summed E-state index contributed by atoms with van der Waals surface area (Å²) >= 11 is 0. The largest absolute Gasteiger partial charge is 0.422 e. The van der Waals surface area contributed by atoms with E-state index in [0.29, 0.717) is 16.7 Å². The second-order valence-electron chi connectivity index (χ2n) is 5.01. The van der Waals surface area contributed by atoms with E-state index in [2.05, 4.69) is 11.8 Å². The van der Waals surface area contributed by atoms with Crippen LogP contribution in [0, 0.1) is 18.8 Å². The molecule has 0 atom stereocenters. The molecule has 3 nitrogen and oxygen atoms in total. The van der Waals surface area contributed by atoms with Crippen molar-refractivity contribution in [2.75, 3.05) is 5.73 Å². The summed E-state index contributed by atoms with van der Waals surface area (Å²) in [5.74, 6) is 6.03. The van der Waals surface area contributed by atoms with Crippen LogP contribution in [0.4, 0.5) is 5.69 Å². The van der Waals surface area contributed by atoms with Crippen LogP contribution in [0.15, 0.2) is 39.5 Å². The van der Waals surface area contributed by atoms with Gasteiger partial charge in [0.25, 0.3) is 0 Å². The Kier molecular flexibility index (Phi) is 3.15. The van der Waals surface area contributed by atoms with E-state index >= 15 is 0 Å². The van der Waals surface area contributed by atoms with Crippen molar-refractivity contribution in [1.82, 2.24) is 0 Å². The molecule has 1 aromatic heterocycles. The number of benzene rings is 2. The van der Waals surface area contributed by atoms with Crippen molar-refractivity contribution in [3.05, 3.63) is 51.9 Å². The lowest BCUT2D eigenvalue weighted by Crippen LogP contribution is -2.01. The van der Waals surface area contributed by atoms with Gasteiger partial charge in [-0.1, -0.05) is 24.8 Å². The van der Waals surface area contributed by atoms with Gasteiger partial charge in [0.2, 0.25) is 0 Å². The van der Waals surface area contributed by atoms with Crippen LogP contribution in [0.2, 0.25) is 0 Å². The van der Waals surface area contributed by atoms with E-state index < -0.39 is 0 Å². The molecule has 0 radical (unpaired) electrons. The van der Waals surface area contributed by atoms with E-state index in [0.717, 1.165) is 28.3 Å². The van der Waals surface area contributed by atoms with Gasteiger partial charge in [-0.05, 0) is 30.7 Å². The highest BCUT2D eigenvalue weighted by atomic mass is 16.4. The molecule has 0 bridgehead atoms. The summed E-state index contributed by atoms with van der Waals surface area (Å²) in [6.07, 6.45) is 0.781. The van der Waals surface area contributed by atoms with E-state index in [4.69, 9.17) is 10.2 Å². The molecule has 2 N–H and O–H groups in total. The number of hydrogen-bond acceptors (Lipinski definition) is 3. The minimum Gasteiger partial charge on any atom is -0.422 e. The zero-order valence-electron chi connectivity index (χ0n) is 12.0. The molecule has 0 unspecified atom stereocenters. The van der Waals surface area contributed by atoms with Crippen molar-refractivity contribution >= 4 is 27.4 Å². The number of rotatable bonds is 0. The van der Waals surface area contributed by atoms with Crippen molar-refractivity contribution in [3.8, 4) is 11.8 Å². The summed E-state index contributed by atoms with van der Waals surface area (Å²) in [4.78, 5) is 12.2. The third-order valence-electron chi connectivity index (χ3n) is 3.51. The zero-order valence-corrected chi connectivity index (χ0v) is 12.0. The van der Waals surface area contributed by atoms with E-state index in [1.165, 1.54) is 0 Å². The van der Waals surface area contributed by atoms with Crippen molar-refractivity contribution in [2.24, 2.45) is 0 Å². The predicted octanol–water partition coefficient (Wildman–Crippen LogP) is 3.60. The summed E-state index contributed by atoms with van der Waals surface area (Å²) < 4.78 is 5.39. The topological polar surface area (TPSA) is 56.2 Å². The van der Waals surface area contributed by atoms with Crippen LogP contribution in [-0.4, -0.2) is 0 Å². The molecular weight excluding hydrogens is 262 g/mol. The Hall–Kier alpha value is -2.73. The maximum atomic E-state index is 12.2. The minimum atomic E-state index is -0.360. The van der Waals surface area contributed by atoms with Gasteiger partial charge in [0.15, 0.2) is 0 Å². The SMILES string of the molecule is CCC#Cc1ccc2c(c1)c(=O)oc1cc(N)c(C)cc12. The molecular formula is C18H15NO2. The van der Waals surface area contributed by atoms with E-state index in [1.807, 2.05) is 32.0 Å². The molecule has 3 aromatic rings. The smallest absolute Gasteiger partial charge is 0.344 e. The van der Waals surface area contributed by atoms with Gasteiger partial charge in [-0.25, -0.2) is 4.79 Å². The molecule has 1 heterocycles. The lowest BCUT2D eigenvalue weighted by Gasteiger charge is -2.06. The van der Waals surface area contributed by atoms with E-state index in [-0.39, 0.29) is 5.63 Å².